The molecule has 3 aromatic heterocycles. The van der Waals surface area contributed by atoms with Crippen LogP contribution in [0.3, 0.4) is 0 Å². The fourth-order valence-electron chi connectivity index (χ4n) is 2.34. The van der Waals surface area contributed by atoms with Crippen molar-refractivity contribution in [3.05, 3.63) is 60.3 Å². The topological polar surface area (TPSA) is 125 Å². The molecule has 0 unspecified atom stereocenters. The standard InChI is InChI=1S/C18H17F3N6O3/c19-18(20,21)11-1-4-16(23-5-11)27-9-13(7-25-27)26-12-2-3-15(22-6-12)17(30)24-8-14(29)10-28/h1-7,9,14,26,28-29H,8,10H2,(H,24,30)/t14-/m1/s1. The number of aliphatic hydroxyl groups excluding tert-OH is 2. The van der Waals surface area contributed by atoms with Crippen LogP contribution in [0.2, 0.25) is 0 Å². The summed E-state index contributed by atoms with van der Waals surface area (Å²) in [4.78, 5) is 19.7. The number of alkyl halides is 3. The number of hydrogen-bond donors (Lipinski definition) is 4. The van der Waals surface area contributed by atoms with Gasteiger partial charge in [-0.1, -0.05) is 0 Å². The van der Waals surface area contributed by atoms with Crippen LogP contribution in [0, 0.1) is 0 Å². The molecule has 1 atom stereocenters. The highest BCUT2D eigenvalue weighted by Crippen LogP contribution is 2.28. The fourth-order valence-corrected chi connectivity index (χ4v) is 2.34. The molecule has 30 heavy (non-hydrogen) atoms. The lowest BCUT2D eigenvalue weighted by molar-refractivity contribution is -0.137. The first kappa shape index (κ1) is 21.2. The second kappa shape index (κ2) is 8.88. The van der Waals surface area contributed by atoms with E-state index in [2.05, 4.69) is 25.7 Å². The van der Waals surface area contributed by atoms with Gasteiger partial charge in [0, 0.05) is 12.7 Å². The molecule has 3 aromatic rings. The molecule has 9 nitrogen and oxygen atoms in total. The Morgan fingerprint density at radius 1 is 1.10 bits per heavy atom. The number of aromatic nitrogens is 4. The summed E-state index contributed by atoms with van der Waals surface area (Å²) in [5.41, 5.74) is 0.344. The minimum absolute atomic E-state index is 0.103. The van der Waals surface area contributed by atoms with Crippen molar-refractivity contribution in [1.82, 2.24) is 25.1 Å². The van der Waals surface area contributed by atoms with Gasteiger partial charge in [0.05, 0.1) is 48.2 Å². The molecule has 0 fully saturated rings. The lowest BCUT2D eigenvalue weighted by Gasteiger charge is -2.09. The van der Waals surface area contributed by atoms with Gasteiger partial charge < -0.3 is 20.8 Å². The second-order valence-corrected chi connectivity index (χ2v) is 6.18. The molecule has 0 aliphatic carbocycles. The first-order valence-corrected chi connectivity index (χ1v) is 8.65. The SMILES string of the molecule is O=C(NC[C@@H](O)CO)c1ccc(Nc2cnn(-c3ccc(C(F)(F)F)cn3)c2)cn1. The third-order valence-corrected chi connectivity index (χ3v) is 3.89. The summed E-state index contributed by atoms with van der Waals surface area (Å²) in [5.74, 6) is -0.290. The van der Waals surface area contributed by atoms with Crippen molar-refractivity contribution in [2.45, 2.75) is 12.3 Å². The summed E-state index contributed by atoms with van der Waals surface area (Å²) in [7, 11) is 0. The number of hydrogen-bond acceptors (Lipinski definition) is 7. The molecular formula is C18H17F3N6O3. The molecule has 4 N–H and O–H groups in total. The van der Waals surface area contributed by atoms with Crippen LogP contribution in [0.1, 0.15) is 16.1 Å². The average molecular weight is 422 g/mol. The maximum Gasteiger partial charge on any atom is 0.417 e. The molecule has 0 bridgehead atoms. The third-order valence-electron chi connectivity index (χ3n) is 3.89. The highest BCUT2D eigenvalue weighted by Gasteiger charge is 2.30. The van der Waals surface area contributed by atoms with Crippen LogP contribution in [-0.2, 0) is 6.18 Å². The number of aliphatic hydroxyl groups is 2. The van der Waals surface area contributed by atoms with Gasteiger partial charge in [-0.25, -0.2) is 14.6 Å². The highest BCUT2D eigenvalue weighted by molar-refractivity contribution is 5.92. The molecule has 0 saturated carbocycles. The van der Waals surface area contributed by atoms with Crippen molar-refractivity contribution in [2.75, 3.05) is 18.5 Å². The normalized spacial score (nSPS) is 12.4. The van der Waals surface area contributed by atoms with E-state index in [-0.39, 0.29) is 18.1 Å². The van der Waals surface area contributed by atoms with Crippen molar-refractivity contribution in [3.8, 4) is 5.82 Å². The van der Waals surface area contributed by atoms with Crippen LogP contribution in [0.4, 0.5) is 24.5 Å². The number of anilines is 2. The Morgan fingerprint density at radius 2 is 1.90 bits per heavy atom. The molecule has 0 aromatic carbocycles. The lowest BCUT2D eigenvalue weighted by atomic mass is 10.3. The summed E-state index contributed by atoms with van der Waals surface area (Å²) in [5, 5.41) is 27.4. The molecule has 158 valence electrons. The van der Waals surface area contributed by atoms with Crippen LogP contribution < -0.4 is 10.6 Å². The van der Waals surface area contributed by atoms with E-state index in [0.717, 1.165) is 12.3 Å². The lowest BCUT2D eigenvalue weighted by Crippen LogP contribution is -2.34. The van der Waals surface area contributed by atoms with Gasteiger partial charge in [0.15, 0.2) is 5.82 Å². The average Bonchev–Trinajstić information content (AvgIpc) is 3.20. The first-order chi connectivity index (χ1) is 14.3. The Balaban J connectivity index is 1.62. The van der Waals surface area contributed by atoms with Crippen molar-refractivity contribution >= 4 is 17.3 Å². The molecule has 12 heteroatoms. The number of rotatable bonds is 7. The van der Waals surface area contributed by atoms with Gasteiger partial charge >= 0.3 is 6.18 Å². The minimum atomic E-state index is -4.46. The predicted octanol–water partition coefficient (Wildman–Crippen LogP) is 1.51. The molecule has 0 aliphatic heterocycles. The van der Waals surface area contributed by atoms with E-state index in [1.54, 1.807) is 6.07 Å². The van der Waals surface area contributed by atoms with Crippen LogP contribution in [0.5, 0.6) is 0 Å². The molecule has 1 amide bonds. The first-order valence-electron chi connectivity index (χ1n) is 8.65. The van der Waals surface area contributed by atoms with Gasteiger partial charge in [-0.15, -0.1) is 0 Å². The largest absolute Gasteiger partial charge is 0.417 e. The monoisotopic (exact) mass is 422 g/mol. The third kappa shape index (κ3) is 5.30. The smallest absolute Gasteiger partial charge is 0.394 e. The molecule has 3 rings (SSSR count). The maximum atomic E-state index is 12.6. The fraction of sp³-hybridized carbons (Fsp3) is 0.222. The van der Waals surface area contributed by atoms with Crippen LogP contribution in [-0.4, -0.2) is 55.1 Å². The number of nitrogens with one attached hydrogen (secondary N) is 2. The predicted molar refractivity (Wildman–Crippen MR) is 99.3 cm³/mol. The Morgan fingerprint density at radius 3 is 2.50 bits per heavy atom. The van der Waals surface area contributed by atoms with Gasteiger partial charge in [0.2, 0.25) is 0 Å². The van der Waals surface area contributed by atoms with Gasteiger partial charge in [0.25, 0.3) is 5.91 Å². The Bertz CT molecular complexity index is 990. The minimum Gasteiger partial charge on any atom is -0.394 e. The molecular weight excluding hydrogens is 405 g/mol. The van der Waals surface area contributed by atoms with E-state index < -0.39 is 30.4 Å². The van der Waals surface area contributed by atoms with E-state index in [4.69, 9.17) is 5.11 Å². The van der Waals surface area contributed by atoms with Crippen LogP contribution in [0.25, 0.3) is 5.82 Å². The Labute approximate surface area is 168 Å². The number of carbonyl (C=O) groups is 1. The Hall–Kier alpha value is -3.51. The number of amides is 1. The number of pyridine rings is 2. The zero-order valence-electron chi connectivity index (χ0n) is 15.3. The van der Waals surface area contributed by atoms with E-state index in [9.17, 15) is 23.1 Å². The highest BCUT2D eigenvalue weighted by atomic mass is 19.4. The molecule has 0 saturated heterocycles. The molecule has 0 spiro atoms. The molecule has 0 radical (unpaired) electrons. The van der Waals surface area contributed by atoms with Crippen molar-refractivity contribution in [1.29, 1.82) is 0 Å². The van der Waals surface area contributed by atoms with Crippen LogP contribution in [0.15, 0.2) is 49.1 Å². The summed E-state index contributed by atoms with van der Waals surface area (Å²) in [6, 6.07) is 5.19. The van der Waals surface area contributed by atoms with E-state index in [0.29, 0.717) is 11.4 Å². The summed E-state index contributed by atoms with van der Waals surface area (Å²) in [6.07, 6.45) is -0.381. The zero-order valence-corrected chi connectivity index (χ0v) is 15.3. The number of carbonyl (C=O) groups excluding carboxylic acids is 1. The zero-order chi connectivity index (χ0) is 21.7. The van der Waals surface area contributed by atoms with Gasteiger partial charge in [-0.3, -0.25) is 4.79 Å². The quantitative estimate of drug-likeness (QED) is 0.455. The van der Waals surface area contributed by atoms with E-state index in [1.165, 1.54) is 35.4 Å². The summed E-state index contributed by atoms with van der Waals surface area (Å²) >= 11 is 0. The van der Waals surface area contributed by atoms with Gasteiger partial charge in [-0.05, 0) is 24.3 Å². The second-order valence-electron chi connectivity index (χ2n) is 6.18. The number of nitrogens with zero attached hydrogens (tertiary/aromatic N) is 4. The van der Waals surface area contributed by atoms with E-state index in [1.807, 2.05) is 0 Å². The van der Waals surface area contributed by atoms with Crippen molar-refractivity contribution in [3.63, 3.8) is 0 Å². The van der Waals surface area contributed by atoms with Crippen LogP contribution >= 0.6 is 0 Å². The number of halogens is 3. The maximum absolute atomic E-state index is 12.6. The van der Waals surface area contributed by atoms with Crippen molar-refractivity contribution < 1.29 is 28.2 Å². The summed E-state index contributed by atoms with van der Waals surface area (Å²) < 4.78 is 39.2. The molecule has 0 aliphatic rings. The summed E-state index contributed by atoms with van der Waals surface area (Å²) in [6.45, 7) is -0.569. The van der Waals surface area contributed by atoms with Gasteiger partial charge in [0.1, 0.15) is 5.69 Å². The molecule has 3 heterocycles. The van der Waals surface area contributed by atoms with Gasteiger partial charge in [-0.2, -0.15) is 18.3 Å². The Kier molecular flexibility index (Phi) is 6.28. The van der Waals surface area contributed by atoms with E-state index >= 15 is 0 Å². The van der Waals surface area contributed by atoms with Crippen molar-refractivity contribution in [2.24, 2.45) is 0 Å².